The number of anilines is 1. The van der Waals surface area contributed by atoms with E-state index in [9.17, 15) is 14.4 Å². The third kappa shape index (κ3) is 4.69. The van der Waals surface area contributed by atoms with Crippen LogP contribution in [0.5, 0.6) is 5.75 Å². The number of hydrogen-bond donors (Lipinski definition) is 3. The number of ether oxygens (including phenoxy) is 1. The monoisotopic (exact) mass is 416 g/mol. The summed E-state index contributed by atoms with van der Waals surface area (Å²) in [6.07, 6.45) is 3.99. The molecule has 156 valence electrons. The summed E-state index contributed by atoms with van der Waals surface area (Å²) in [5, 5.41) is 5.19. The summed E-state index contributed by atoms with van der Waals surface area (Å²) >= 11 is 0. The van der Waals surface area contributed by atoms with Crippen LogP contribution in [0.2, 0.25) is 0 Å². The molecule has 1 aliphatic rings. The maximum absolute atomic E-state index is 12.5. The van der Waals surface area contributed by atoms with Gasteiger partial charge in [0.1, 0.15) is 5.75 Å². The summed E-state index contributed by atoms with van der Waals surface area (Å²) in [4.78, 5) is 40.1. The first kappa shape index (κ1) is 20.1. The van der Waals surface area contributed by atoms with Crippen LogP contribution in [-0.4, -0.2) is 35.9 Å². The van der Waals surface area contributed by atoms with Crippen molar-refractivity contribution in [2.75, 3.05) is 18.5 Å². The molecule has 0 aliphatic carbocycles. The van der Waals surface area contributed by atoms with Gasteiger partial charge in [-0.25, -0.2) is 0 Å². The van der Waals surface area contributed by atoms with Gasteiger partial charge in [0.15, 0.2) is 0 Å². The van der Waals surface area contributed by atoms with Crippen LogP contribution in [0.3, 0.4) is 0 Å². The Morgan fingerprint density at radius 1 is 1.00 bits per heavy atom. The molecule has 0 saturated carbocycles. The molecular weight excluding hydrogens is 396 g/mol. The number of aromatic nitrogens is 1. The van der Waals surface area contributed by atoms with Crippen molar-refractivity contribution in [2.24, 2.45) is 5.73 Å². The van der Waals surface area contributed by atoms with E-state index in [1.807, 2.05) is 18.2 Å². The standard InChI is InChI=1S/C23H20N4O4/c24-22(29)16-2-1-3-19(10-16)27-21(28)13-26-23(30)18-9-17(11-25-12-18)14-4-5-20-15(8-14)6-7-31-20/h1-5,8-12H,6-7,13H2,(H2,24,29)(H,26,30)(H,27,28). The normalized spacial score (nSPS) is 11.9. The number of carbonyl (C=O) groups is 3. The van der Waals surface area contributed by atoms with Gasteiger partial charge < -0.3 is 21.1 Å². The van der Waals surface area contributed by atoms with E-state index in [4.69, 9.17) is 10.5 Å². The topological polar surface area (TPSA) is 123 Å². The van der Waals surface area contributed by atoms with Gasteiger partial charge in [-0.15, -0.1) is 0 Å². The number of nitrogens with zero attached hydrogens (tertiary/aromatic N) is 1. The molecule has 31 heavy (non-hydrogen) atoms. The van der Waals surface area contributed by atoms with E-state index in [2.05, 4.69) is 15.6 Å². The number of nitrogens with one attached hydrogen (secondary N) is 2. The summed E-state index contributed by atoms with van der Waals surface area (Å²) in [6, 6.07) is 13.9. The van der Waals surface area contributed by atoms with E-state index in [-0.39, 0.29) is 12.1 Å². The number of nitrogens with two attached hydrogens (primary N) is 1. The van der Waals surface area contributed by atoms with Crippen LogP contribution < -0.4 is 21.1 Å². The van der Waals surface area contributed by atoms with Crippen molar-refractivity contribution in [3.05, 3.63) is 77.6 Å². The molecule has 4 rings (SSSR count). The largest absolute Gasteiger partial charge is 0.493 e. The van der Waals surface area contributed by atoms with Gasteiger partial charge in [-0.2, -0.15) is 0 Å². The second kappa shape index (κ2) is 8.66. The molecule has 1 aromatic heterocycles. The molecule has 2 heterocycles. The van der Waals surface area contributed by atoms with E-state index in [1.54, 1.807) is 30.5 Å². The van der Waals surface area contributed by atoms with E-state index in [0.717, 1.165) is 28.9 Å². The molecule has 3 amide bonds. The van der Waals surface area contributed by atoms with Crippen molar-refractivity contribution in [2.45, 2.75) is 6.42 Å². The van der Waals surface area contributed by atoms with E-state index in [1.165, 1.54) is 12.3 Å². The predicted molar refractivity (Wildman–Crippen MR) is 115 cm³/mol. The van der Waals surface area contributed by atoms with Crippen LogP contribution in [0.1, 0.15) is 26.3 Å². The van der Waals surface area contributed by atoms with Gasteiger partial charge in [-0.1, -0.05) is 12.1 Å². The zero-order valence-electron chi connectivity index (χ0n) is 16.6. The Morgan fingerprint density at radius 3 is 2.71 bits per heavy atom. The molecule has 2 aromatic carbocycles. The van der Waals surface area contributed by atoms with Crippen LogP contribution in [-0.2, 0) is 11.2 Å². The quantitative estimate of drug-likeness (QED) is 0.568. The summed E-state index contributed by atoms with van der Waals surface area (Å²) in [7, 11) is 0. The van der Waals surface area contributed by atoms with E-state index in [0.29, 0.717) is 17.9 Å². The number of carbonyl (C=O) groups excluding carboxylic acids is 3. The lowest BCUT2D eigenvalue weighted by atomic mass is 10.0. The zero-order valence-corrected chi connectivity index (χ0v) is 16.6. The van der Waals surface area contributed by atoms with Gasteiger partial charge in [0.2, 0.25) is 11.8 Å². The second-order valence-electron chi connectivity index (χ2n) is 7.06. The summed E-state index contributed by atoms with van der Waals surface area (Å²) in [5.41, 5.74) is 9.15. The molecule has 4 N–H and O–H groups in total. The van der Waals surface area contributed by atoms with Gasteiger partial charge in [0, 0.05) is 35.6 Å². The second-order valence-corrected chi connectivity index (χ2v) is 7.06. The lowest BCUT2D eigenvalue weighted by Crippen LogP contribution is -2.33. The minimum atomic E-state index is -0.590. The van der Waals surface area contributed by atoms with Crippen LogP contribution in [0.4, 0.5) is 5.69 Å². The van der Waals surface area contributed by atoms with Gasteiger partial charge in [-0.05, 0) is 47.5 Å². The molecule has 0 spiro atoms. The Balaban J connectivity index is 1.39. The first-order chi connectivity index (χ1) is 15.0. The van der Waals surface area contributed by atoms with Crippen molar-refractivity contribution in [3.8, 4) is 16.9 Å². The minimum Gasteiger partial charge on any atom is -0.493 e. The van der Waals surface area contributed by atoms with E-state index < -0.39 is 17.7 Å². The highest BCUT2D eigenvalue weighted by atomic mass is 16.5. The van der Waals surface area contributed by atoms with Gasteiger partial charge in [0.05, 0.1) is 18.7 Å². The van der Waals surface area contributed by atoms with Crippen molar-refractivity contribution in [1.82, 2.24) is 10.3 Å². The number of pyridine rings is 1. The number of rotatable bonds is 6. The Hall–Kier alpha value is -4.20. The molecule has 0 fully saturated rings. The van der Waals surface area contributed by atoms with E-state index >= 15 is 0 Å². The molecule has 0 radical (unpaired) electrons. The average Bonchev–Trinajstić information content (AvgIpc) is 3.25. The van der Waals surface area contributed by atoms with Crippen LogP contribution >= 0.6 is 0 Å². The first-order valence-electron chi connectivity index (χ1n) is 9.69. The number of fused-ring (bicyclic) bond motifs is 1. The molecule has 8 nitrogen and oxygen atoms in total. The van der Waals surface area contributed by atoms with Crippen molar-refractivity contribution in [1.29, 1.82) is 0 Å². The third-order valence-corrected chi connectivity index (χ3v) is 4.86. The highest BCUT2D eigenvalue weighted by molar-refractivity contribution is 6.00. The molecule has 1 aliphatic heterocycles. The smallest absolute Gasteiger partial charge is 0.253 e. The van der Waals surface area contributed by atoms with Gasteiger partial charge in [-0.3, -0.25) is 19.4 Å². The number of amides is 3. The number of benzene rings is 2. The Labute approximate surface area is 178 Å². The predicted octanol–water partition coefficient (Wildman–Crippen LogP) is 2.15. The van der Waals surface area contributed by atoms with Crippen LogP contribution in [0.15, 0.2) is 60.9 Å². The Kier molecular flexibility index (Phi) is 5.61. The average molecular weight is 416 g/mol. The summed E-state index contributed by atoms with van der Waals surface area (Å²) in [6.45, 7) is 0.439. The molecule has 0 bridgehead atoms. The van der Waals surface area contributed by atoms with Crippen LogP contribution in [0.25, 0.3) is 11.1 Å². The fraction of sp³-hybridized carbons (Fsp3) is 0.130. The van der Waals surface area contributed by atoms with Crippen molar-refractivity contribution >= 4 is 23.4 Å². The molecule has 0 unspecified atom stereocenters. The molecule has 0 saturated heterocycles. The maximum atomic E-state index is 12.5. The SMILES string of the molecule is NC(=O)c1cccc(NC(=O)CNC(=O)c2cncc(-c3ccc4c(c3)CCO4)c2)c1. The number of hydrogen-bond acceptors (Lipinski definition) is 5. The highest BCUT2D eigenvalue weighted by Gasteiger charge is 2.14. The fourth-order valence-corrected chi connectivity index (χ4v) is 3.31. The minimum absolute atomic E-state index is 0.236. The number of primary amides is 1. The Bertz CT molecular complexity index is 1180. The zero-order chi connectivity index (χ0) is 21.8. The first-order valence-corrected chi connectivity index (χ1v) is 9.69. The van der Waals surface area contributed by atoms with Gasteiger partial charge in [0.25, 0.3) is 5.91 Å². The van der Waals surface area contributed by atoms with Gasteiger partial charge >= 0.3 is 0 Å². The highest BCUT2D eigenvalue weighted by Crippen LogP contribution is 2.30. The van der Waals surface area contributed by atoms with Crippen molar-refractivity contribution < 1.29 is 19.1 Å². The summed E-state index contributed by atoms with van der Waals surface area (Å²) in [5.74, 6) is -0.553. The van der Waals surface area contributed by atoms with Crippen molar-refractivity contribution in [3.63, 3.8) is 0 Å². The lowest BCUT2D eigenvalue weighted by Gasteiger charge is -2.09. The fourth-order valence-electron chi connectivity index (χ4n) is 3.31. The lowest BCUT2D eigenvalue weighted by molar-refractivity contribution is -0.115. The third-order valence-electron chi connectivity index (χ3n) is 4.86. The van der Waals surface area contributed by atoms with Crippen LogP contribution in [0, 0.1) is 0 Å². The molecule has 8 heteroatoms. The maximum Gasteiger partial charge on any atom is 0.253 e. The molecule has 0 atom stereocenters. The Morgan fingerprint density at radius 2 is 1.87 bits per heavy atom. The molecular formula is C23H20N4O4. The molecule has 3 aromatic rings. The summed E-state index contributed by atoms with van der Waals surface area (Å²) < 4.78 is 5.53.